The van der Waals surface area contributed by atoms with Gasteiger partial charge in [0.25, 0.3) is 0 Å². The van der Waals surface area contributed by atoms with Crippen LogP contribution in [-0.2, 0) is 17.9 Å². The van der Waals surface area contributed by atoms with E-state index >= 15 is 0 Å². The SMILES string of the molecule is O=C1N(Cc2ccncc2)CCC12CCCN2Cc1ccc(Cl)cc1. The minimum Gasteiger partial charge on any atom is -0.337 e. The van der Waals surface area contributed by atoms with E-state index in [1.165, 1.54) is 5.56 Å². The molecule has 1 amide bonds. The fourth-order valence-electron chi connectivity index (χ4n) is 4.18. The first kappa shape index (κ1) is 16.6. The molecule has 4 nitrogen and oxygen atoms in total. The van der Waals surface area contributed by atoms with E-state index in [9.17, 15) is 4.79 Å². The van der Waals surface area contributed by atoms with Crippen molar-refractivity contribution in [2.75, 3.05) is 13.1 Å². The molecule has 3 heterocycles. The Morgan fingerprint density at radius 2 is 1.68 bits per heavy atom. The smallest absolute Gasteiger partial charge is 0.243 e. The molecule has 0 bridgehead atoms. The van der Waals surface area contributed by atoms with Gasteiger partial charge in [0, 0.05) is 37.1 Å². The van der Waals surface area contributed by atoms with Crippen molar-refractivity contribution in [1.29, 1.82) is 0 Å². The van der Waals surface area contributed by atoms with Gasteiger partial charge < -0.3 is 4.90 Å². The van der Waals surface area contributed by atoms with Gasteiger partial charge in [-0.25, -0.2) is 0 Å². The maximum Gasteiger partial charge on any atom is 0.243 e. The number of hydrogen-bond acceptors (Lipinski definition) is 3. The number of amides is 1. The van der Waals surface area contributed by atoms with Gasteiger partial charge in [-0.3, -0.25) is 14.7 Å². The molecule has 2 saturated heterocycles. The molecule has 1 atom stereocenters. The minimum atomic E-state index is -0.313. The summed E-state index contributed by atoms with van der Waals surface area (Å²) in [7, 11) is 0. The fraction of sp³-hybridized carbons (Fsp3) is 0.400. The fourth-order valence-corrected chi connectivity index (χ4v) is 4.31. The Morgan fingerprint density at radius 1 is 0.960 bits per heavy atom. The number of carbonyl (C=O) groups excluding carboxylic acids is 1. The van der Waals surface area contributed by atoms with Crippen LogP contribution in [0.15, 0.2) is 48.8 Å². The molecule has 2 aliphatic heterocycles. The first-order chi connectivity index (χ1) is 12.2. The zero-order valence-electron chi connectivity index (χ0n) is 14.2. The molecule has 0 N–H and O–H groups in total. The van der Waals surface area contributed by atoms with Crippen LogP contribution in [0.3, 0.4) is 0 Å². The number of hydrogen-bond donors (Lipinski definition) is 0. The monoisotopic (exact) mass is 355 g/mol. The number of halogens is 1. The number of benzene rings is 1. The highest BCUT2D eigenvalue weighted by atomic mass is 35.5. The van der Waals surface area contributed by atoms with Crippen LogP contribution in [0.5, 0.6) is 0 Å². The maximum absolute atomic E-state index is 13.2. The van der Waals surface area contributed by atoms with Gasteiger partial charge in [-0.2, -0.15) is 0 Å². The lowest BCUT2D eigenvalue weighted by Crippen LogP contribution is -2.49. The van der Waals surface area contributed by atoms with Gasteiger partial charge in [0.1, 0.15) is 5.54 Å². The zero-order valence-corrected chi connectivity index (χ0v) is 15.0. The van der Waals surface area contributed by atoms with Gasteiger partial charge >= 0.3 is 0 Å². The second-order valence-electron chi connectivity index (χ2n) is 7.02. The van der Waals surface area contributed by atoms with Crippen molar-refractivity contribution in [3.63, 3.8) is 0 Å². The lowest BCUT2D eigenvalue weighted by molar-refractivity contribution is -0.137. The molecule has 2 aliphatic rings. The molecule has 1 aromatic heterocycles. The van der Waals surface area contributed by atoms with Crippen LogP contribution in [0.25, 0.3) is 0 Å². The number of rotatable bonds is 4. The lowest BCUT2D eigenvalue weighted by Gasteiger charge is -2.33. The van der Waals surface area contributed by atoms with E-state index in [1.54, 1.807) is 12.4 Å². The zero-order chi connectivity index (χ0) is 17.3. The van der Waals surface area contributed by atoms with Crippen LogP contribution in [0.4, 0.5) is 0 Å². The summed E-state index contributed by atoms with van der Waals surface area (Å²) in [5.41, 5.74) is 2.04. The Bertz CT molecular complexity index is 749. The molecule has 0 aliphatic carbocycles. The molecule has 2 aromatic rings. The average molecular weight is 356 g/mol. The number of pyridine rings is 1. The topological polar surface area (TPSA) is 36.4 Å². The predicted octanol–water partition coefficient (Wildman–Crippen LogP) is 3.50. The van der Waals surface area contributed by atoms with Crippen LogP contribution in [-0.4, -0.2) is 39.3 Å². The molecule has 2 fully saturated rings. The summed E-state index contributed by atoms with van der Waals surface area (Å²) >= 11 is 5.99. The largest absolute Gasteiger partial charge is 0.337 e. The van der Waals surface area contributed by atoms with Gasteiger partial charge in [-0.05, 0) is 61.2 Å². The summed E-state index contributed by atoms with van der Waals surface area (Å²) in [5.74, 6) is 0.288. The summed E-state index contributed by atoms with van der Waals surface area (Å²) in [6, 6.07) is 11.9. The van der Waals surface area contributed by atoms with Gasteiger partial charge in [0.05, 0.1) is 0 Å². The summed E-state index contributed by atoms with van der Waals surface area (Å²) in [4.78, 5) is 21.7. The molecular formula is C20H22ClN3O. The van der Waals surface area contributed by atoms with Crippen molar-refractivity contribution in [1.82, 2.24) is 14.8 Å². The van der Waals surface area contributed by atoms with Crippen molar-refractivity contribution < 1.29 is 4.79 Å². The maximum atomic E-state index is 13.2. The number of nitrogens with zero attached hydrogens (tertiary/aromatic N) is 3. The second-order valence-corrected chi connectivity index (χ2v) is 7.45. The first-order valence-corrected chi connectivity index (χ1v) is 9.23. The Hall–Kier alpha value is -1.91. The van der Waals surface area contributed by atoms with Crippen LogP contribution in [0.2, 0.25) is 5.02 Å². The second kappa shape index (κ2) is 6.77. The van der Waals surface area contributed by atoms with E-state index in [1.807, 2.05) is 29.2 Å². The van der Waals surface area contributed by atoms with Crippen molar-refractivity contribution in [3.8, 4) is 0 Å². The Balaban J connectivity index is 1.50. The summed E-state index contributed by atoms with van der Waals surface area (Å²) in [6.07, 6.45) is 6.54. The molecule has 1 aromatic carbocycles. The number of aromatic nitrogens is 1. The average Bonchev–Trinajstić information content (AvgIpc) is 3.17. The van der Waals surface area contributed by atoms with Crippen LogP contribution in [0, 0.1) is 0 Å². The summed E-state index contributed by atoms with van der Waals surface area (Å²) < 4.78 is 0. The molecule has 1 unspecified atom stereocenters. The molecule has 130 valence electrons. The molecule has 0 saturated carbocycles. The van der Waals surface area contributed by atoms with Crippen molar-refractivity contribution in [3.05, 3.63) is 64.9 Å². The highest BCUT2D eigenvalue weighted by Crippen LogP contribution is 2.40. The highest BCUT2D eigenvalue weighted by Gasteiger charge is 2.52. The van der Waals surface area contributed by atoms with Crippen LogP contribution < -0.4 is 0 Å². The number of likely N-dealkylation sites (tertiary alicyclic amines) is 2. The molecule has 1 spiro atoms. The molecule has 5 heteroatoms. The normalized spacial score (nSPS) is 23.7. The van der Waals surface area contributed by atoms with E-state index in [0.717, 1.165) is 49.5 Å². The number of carbonyl (C=O) groups is 1. The lowest BCUT2D eigenvalue weighted by atomic mass is 9.94. The first-order valence-electron chi connectivity index (χ1n) is 8.85. The van der Waals surface area contributed by atoms with Crippen molar-refractivity contribution in [2.24, 2.45) is 0 Å². The third-order valence-corrected chi connectivity index (χ3v) is 5.77. The van der Waals surface area contributed by atoms with Crippen LogP contribution >= 0.6 is 11.6 Å². The van der Waals surface area contributed by atoms with Crippen molar-refractivity contribution >= 4 is 17.5 Å². The molecule has 0 radical (unpaired) electrons. The van der Waals surface area contributed by atoms with Gasteiger partial charge in [-0.15, -0.1) is 0 Å². The van der Waals surface area contributed by atoms with Crippen molar-refractivity contribution in [2.45, 2.75) is 37.9 Å². The predicted molar refractivity (Wildman–Crippen MR) is 98.1 cm³/mol. The minimum absolute atomic E-state index is 0.288. The Labute approximate surface area is 153 Å². The third kappa shape index (κ3) is 3.16. The summed E-state index contributed by atoms with van der Waals surface area (Å²) in [5, 5.41) is 0.750. The van der Waals surface area contributed by atoms with E-state index < -0.39 is 0 Å². The van der Waals surface area contributed by atoms with Gasteiger partial charge in [-0.1, -0.05) is 23.7 Å². The standard InChI is InChI=1S/C20H22ClN3O/c21-18-4-2-16(3-5-18)15-24-12-1-8-20(24)9-13-23(19(20)25)14-17-6-10-22-11-7-17/h2-7,10-11H,1,8-9,12-15H2. The third-order valence-electron chi connectivity index (χ3n) is 5.51. The van der Waals surface area contributed by atoms with Gasteiger partial charge in [0.2, 0.25) is 5.91 Å². The van der Waals surface area contributed by atoms with E-state index in [4.69, 9.17) is 11.6 Å². The summed E-state index contributed by atoms with van der Waals surface area (Å²) in [6.45, 7) is 3.31. The quantitative estimate of drug-likeness (QED) is 0.842. The van der Waals surface area contributed by atoms with E-state index in [-0.39, 0.29) is 11.4 Å². The van der Waals surface area contributed by atoms with Crippen LogP contribution in [0.1, 0.15) is 30.4 Å². The van der Waals surface area contributed by atoms with E-state index in [0.29, 0.717) is 6.54 Å². The molecule has 25 heavy (non-hydrogen) atoms. The molecular weight excluding hydrogens is 334 g/mol. The Morgan fingerprint density at radius 3 is 2.44 bits per heavy atom. The highest BCUT2D eigenvalue weighted by molar-refractivity contribution is 6.30. The van der Waals surface area contributed by atoms with Gasteiger partial charge in [0.15, 0.2) is 0 Å². The molecule has 4 rings (SSSR count). The Kier molecular flexibility index (Phi) is 4.48. The van der Waals surface area contributed by atoms with E-state index in [2.05, 4.69) is 22.0 Å².